The van der Waals surface area contributed by atoms with Gasteiger partial charge < -0.3 is 30.8 Å². The summed E-state index contributed by atoms with van der Waals surface area (Å²) in [6.45, 7) is 11.9. The zero-order chi connectivity index (χ0) is 28.9. The number of aromatic nitrogens is 2. The van der Waals surface area contributed by atoms with Gasteiger partial charge in [-0.15, -0.1) is 0 Å². The molecule has 1 saturated heterocycles. The maximum Gasteiger partial charge on any atom is 0.319 e. The molecule has 4 heterocycles. The highest BCUT2D eigenvalue weighted by atomic mass is 16.4. The molecule has 0 amide bonds. The van der Waals surface area contributed by atoms with Crippen molar-refractivity contribution in [2.75, 3.05) is 0 Å². The predicted molar refractivity (Wildman–Crippen MR) is 155 cm³/mol. The van der Waals surface area contributed by atoms with Crippen molar-refractivity contribution in [2.24, 2.45) is 17.8 Å². The maximum absolute atomic E-state index is 13.5. The van der Waals surface area contributed by atoms with Gasteiger partial charge in [0.05, 0.1) is 5.69 Å². The van der Waals surface area contributed by atoms with E-state index in [0.717, 1.165) is 40.3 Å². The number of hydrogen-bond acceptors (Lipinski definition) is 5. The van der Waals surface area contributed by atoms with Gasteiger partial charge >= 0.3 is 11.9 Å². The van der Waals surface area contributed by atoms with Crippen molar-refractivity contribution in [3.05, 3.63) is 74.9 Å². The van der Waals surface area contributed by atoms with E-state index < -0.39 is 23.6 Å². The number of carboxylic acid groups (broad SMARTS) is 2. The number of fused-ring (bicyclic) bond motifs is 5. The number of aliphatic carboxylic acids is 2. The van der Waals surface area contributed by atoms with E-state index in [4.69, 9.17) is 0 Å². The number of hydrogen-bond donors (Lipinski definition) is 6. The van der Waals surface area contributed by atoms with Gasteiger partial charge in [0.25, 0.3) is 0 Å². The molecule has 0 aromatic carbocycles. The summed E-state index contributed by atoms with van der Waals surface area (Å²) in [4.78, 5) is 44.4. The Morgan fingerprint density at radius 2 is 1.82 bits per heavy atom. The number of rotatable bonds is 6. The SMILES string of the molecule is C=Cc1c2[nH]c(c1C)/C=C1\NC(=C3c4[nH]c(c(C)c4C(=O)[C@@H]3C(=O)O)/C=C\N/C(CC)=C\2)[C@@H](CCC(=O)O)[C@@H]1C. The van der Waals surface area contributed by atoms with E-state index in [-0.39, 0.29) is 18.3 Å². The smallest absolute Gasteiger partial charge is 0.319 e. The van der Waals surface area contributed by atoms with Gasteiger partial charge in [0, 0.05) is 75.3 Å². The van der Waals surface area contributed by atoms with E-state index in [1.165, 1.54) is 0 Å². The number of ketones is 1. The molecule has 6 N–H and O–H groups in total. The van der Waals surface area contributed by atoms with Gasteiger partial charge in [-0.05, 0) is 56.0 Å². The van der Waals surface area contributed by atoms with Gasteiger partial charge in [-0.1, -0.05) is 26.5 Å². The Morgan fingerprint density at radius 3 is 2.48 bits per heavy atom. The molecular weight excluding hydrogens is 508 g/mol. The van der Waals surface area contributed by atoms with Gasteiger partial charge in [0.1, 0.15) is 5.92 Å². The minimum absolute atomic E-state index is 0.0838. The molecule has 0 unspecified atom stereocenters. The molecule has 208 valence electrons. The van der Waals surface area contributed by atoms with Crippen LogP contribution < -0.4 is 10.6 Å². The van der Waals surface area contributed by atoms with E-state index in [2.05, 4.69) is 40.2 Å². The van der Waals surface area contributed by atoms with Crippen molar-refractivity contribution in [3.8, 4) is 0 Å². The highest BCUT2D eigenvalue weighted by Crippen LogP contribution is 2.48. The van der Waals surface area contributed by atoms with Crippen LogP contribution >= 0.6 is 0 Å². The number of allylic oxidation sites excluding steroid dienone is 3. The third kappa shape index (κ3) is 4.31. The van der Waals surface area contributed by atoms with E-state index in [1.807, 2.05) is 32.1 Å². The van der Waals surface area contributed by atoms with Crippen molar-refractivity contribution < 1.29 is 24.6 Å². The molecule has 0 radical (unpaired) electrons. The number of carbonyl (C=O) groups excluding carboxylic acids is 1. The van der Waals surface area contributed by atoms with Crippen LogP contribution in [0.3, 0.4) is 0 Å². The summed E-state index contributed by atoms with van der Waals surface area (Å²) < 4.78 is 0. The van der Waals surface area contributed by atoms with E-state index in [0.29, 0.717) is 40.2 Å². The number of Topliss-reactive ketones (excluding diaryl/α,β-unsaturated/α-hetero) is 1. The van der Waals surface area contributed by atoms with Crippen molar-refractivity contribution in [1.29, 1.82) is 0 Å². The fourth-order valence-electron chi connectivity index (χ4n) is 6.15. The molecule has 40 heavy (non-hydrogen) atoms. The predicted octanol–water partition coefficient (Wildman–Crippen LogP) is 5.30. The van der Waals surface area contributed by atoms with Crippen LogP contribution in [0.25, 0.3) is 29.9 Å². The molecule has 9 nitrogen and oxygen atoms in total. The minimum atomic E-state index is -1.38. The molecule has 3 aliphatic rings. The van der Waals surface area contributed by atoms with E-state index >= 15 is 0 Å². The van der Waals surface area contributed by atoms with Gasteiger partial charge in [-0.3, -0.25) is 14.4 Å². The summed E-state index contributed by atoms with van der Waals surface area (Å²) in [5, 5.41) is 26.5. The largest absolute Gasteiger partial charge is 0.481 e. The second kappa shape index (κ2) is 10.2. The maximum atomic E-state index is 13.5. The topological polar surface area (TPSA) is 147 Å². The quantitative estimate of drug-likeness (QED) is 0.272. The average Bonchev–Trinajstić information content (AvgIpc) is 3.57. The fourth-order valence-corrected chi connectivity index (χ4v) is 6.15. The summed E-state index contributed by atoms with van der Waals surface area (Å²) in [6.07, 6.45) is 10.5. The van der Waals surface area contributed by atoms with Gasteiger partial charge in [-0.25, -0.2) is 0 Å². The lowest BCUT2D eigenvalue weighted by atomic mass is 9.85. The van der Waals surface area contributed by atoms with Crippen LogP contribution in [0.1, 0.15) is 82.9 Å². The van der Waals surface area contributed by atoms with Crippen LogP contribution in [-0.2, 0) is 9.59 Å². The summed E-state index contributed by atoms with van der Waals surface area (Å²) >= 11 is 0. The van der Waals surface area contributed by atoms with Crippen molar-refractivity contribution in [2.45, 2.75) is 47.0 Å². The molecule has 3 atom stereocenters. The molecule has 2 aromatic heterocycles. The number of nitrogens with one attached hydrogen (secondary N) is 4. The first-order chi connectivity index (χ1) is 19.1. The third-order valence-electron chi connectivity index (χ3n) is 8.40. The van der Waals surface area contributed by atoms with Gasteiger partial charge in [-0.2, -0.15) is 0 Å². The van der Waals surface area contributed by atoms with Crippen LogP contribution in [0, 0.1) is 31.6 Å². The molecule has 5 rings (SSSR count). The first kappa shape index (κ1) is 27.1. The fraction of sp³-hybridized carbons (Fsp3) is 0.323. The first-order valence-corrected chi connectivity index (χ1v) is 13.5. The molecular formula is C31H34N4O5. The second-order valence-electron chi connectivity index (χ2n) is 10.6. The number of carboxylic acids is 2. The lowest BCUT2D eigenvalue weighted by molar-refractivity contribution is -0.139. The highest BCUT2D eigenvalue weighted by Gasteiger charge is 2.48. The van der Waals surface area contributed by atoms with Gasteiger partial charge in [0.2, 0.25) is 0 Å². The van der Waals surface area contributed by atoms with Crippen LogP contribution in [0.15, 0.2) is 29.9 Å². The van der Waals surface area contributed by atoms with Crippen LogP contribution in [0.5, 0.6) is 0 Å². The number of aromatic amines is 2. The number of carbonyl (C=O) groups is 3. The van der Waals surface area contributed by atoms with Crippen LogP contribution in [0.2, 0.25) is 0 Å². The summed E-state index contributed by atoms with van der Waals surface area (Å²) in [6, 6.07) is 0. The molecule has 0 spiro atoms. The average molecular weight is 543 g/mol. The monoisotopic (exact) mass is 542 g/mol. The molecule has 9 heteroatoms. The lowest BCUT2D eigenvalue weighted by Crippen LogP contribution is -2.23. The molecule has 1 fully saturated rings. The van der Waals surface area contributed by atoms with Gasteiger partial charge in [0.15, 0.2) is 5.78 Å². The summed E-state index contributed by atoms with van der Waals surface area (Å²) in [7, 11) is 0. The Bertz CT molecular complexity index is 1580. The Hall–Kier alpha value is -4.53. The Kier molecular flexibility index (Phi) is 6.91. The highest BCUT2D eigenvalue weighted by molar-refractivity contribution is 6.24. The third-order valence-corrected chi connectivity index (χ3v) is 8.40. The van der Waals surface area contributed by atoms with E-state index in [1.54, 1.807) is 13.1 Å². The number of H-pyrrole nitrogens is 2. The van der Waals surface area contributed by atoms with Crippen LogP contribution in [-0.4, -0.2) is 37.9 Å². The van der Waals surface area contributed by atoms with Crippen molar-refractivity contribution in [1.82, 2.24) is 20.6 Å². The minimum Gasteiger partial charge on any atom is -0.481 e. The Morgan fingerprint density at radius 1 is 1.07 bits per heavy atom. The lowest BCUT2D eigenvalue weighted by Gasteiger charge is -2.18. The molecule has 2 aromatic rings. The molecule has 2 aliphatic heterocycles. The summed E-state index contributed by atoms with van der Waals surface area (Å²) in [5.74, 6) is -4.48. The molecule has 6 bridgehead atoms. The normalized spacial score (nSPS) is 25.0. The second-order valence-corrected chi connectivity index (χ2v) is 10.6. The van der Waals surface area contributed by atoms with Crippen molar-refractivity contribution >= 4 is 47.6 Å². The first-order valence-electron chi connectivity index (χ1n) is 13.5. The standard InChI is InChI=1S/C31H34N4O5/c1-6-17-12-23-18(7-2)14(3)21(33-23)13-22-15(4)19(8-9-24(36)37)28(35-22)26-27(31(39)40)30(38)25-16(5)20(10-11-32-17)34-29(25)26/h7,10-13,15,19,27,32-35H,2,6,8-9H2,1,3-5H3,(H,36,37)(H,39,40)/b11-10-,17-12-,22-13-,28-26?/t15-,19-,27+/m0/s1. The van der Waals surface area contributed by atoms with Crippen molar-refractivity contribution in [3.63, 3.8) is 0 Å². The van der Waals surface area contributed by atoms with Crippen LogP contribution in [0.4, 0.5) is 0 Å². The summed E-state index contributed by atoms with van der Waals surface area (Å²) in [5.41, 5.74) is 8.74. The zero-order valence-corrected chi connectivity index (χ0v) is 23.1. The molecule has 0 saturated carbocycles. The Labute approximate surface area is 232 Å². The molecule has 1 aliphatic carbocycles. The zero-order valence-electron chi connectivity index (χ0n) is 23.1. The Balaban J connectivity index is 1.81. The van der Waals surface area contributed by atoms with E-state index in [9.17, 15) is 24.6 Å².